The molecule has 0 heterocycles. The third-order valence-electron chi connectivity index (χ3n) is 3.02. The summed E-state index contributed by atoms with van der Waals surface area (Å²) in [6, 6.07) is 9.19. The van der Waals surface area contributed by atoms with E-state index < -0.39 is 23.9 Å². The molecule has 0 saturated heterocycles. The van der Waals surface area contributed by atoms with Gasteiger partial charge in [-0.25, -0.2) is 4.79 Å². The molecule has 1 rings (SSSR count). The van der Waals surface area contributed by atoms with Crippen LogP contribution in [0.4, 0.5) is 4.79 Å². The first kappa shape index (κ1) is 20.9. The van der Waals surface area contributed by atoms with Crippen molar-refractivity contribution in [3.63, 3.8) is 0 Å². The van der Waals surface area contributed by atoms with Crippen LogP contribution < -0.4 is 16.0 Å². The van der Waals surface area contributed by atoms with Crippen molar-refractivity contribution in [3.05, 3.63) is 35.9 Å². The van der Waals surface area contributed by atoms with E-state index in [1.807, 2.05) is 30.3 Å². The number of amides is 3. The predicted octanol–water partition coefficient (Wildman–Crippen LogP) is 0.0984. The van der Waals surface area contributed by atoms with E-state index in [1.165, 1.54) is 0 Å². The Morgan fingerprint density at radius 2 is 1.58 bits per heavy atom. The molecule has 9 heteroatoms. The Bertz CT molecular complexity index is 606. The van der Waals surface area contributed by atoms with Gasteiger partial charge in [0.1, 0.15) is 13.2 Å². The van der Waals surface area contributed by atoms with E-state index in [2.05, 4.69) is 20.7 Å². The Morgan fingerprint density at radius 3 is 2.27 bits per heavy atom. The molecular formula is C17H23N3O6. The SMILES string of the molecule is CCOC(=O)CNC(=O)CNC(=O)CCNC(=O)OCc1ccccc1. The molecule has 1 aromatic rings. The number of alkyl carbamates (subject to hydrolysis) is 1. The van der Waals surface area contributed by atoms with Crippen molar-refractivity contribution in [2.24, 2.45) is 0 Å². The molecule has 0 spiro atoms. The van der Waals surface area contributed by atoms with E-state index in [9.17, 15) is 19.2 Å². The van der Waals surface area contributed by atoms with Crippen molar-refractivity contribution in [2.75, 3.05) is 26.2 Å². The Hall–Kier alpha value is -3.10. The van der Waals surface area contributed by atoms with Gasteiger partial charge in [0.2, 0.25) is 11.8 Å². The minimum absolute atomic E-state index is 0.00834. The molecule has 0 aromatic heterocycles. The van der Waals surface area contributed by atoms with Crippen molar-refractivity contribution in [3.8, 4) is 0 Å². The lowest BCUT2D eigenvalue weighted by molar-refractivity contribution is -0.143. The number of rotatable bonds is 10. The van der Waals surface area contributed by atoms with Crippen LogP contribution in [0.2, 0.25) is 0 Å². The van der Waals surface area contributed by atoms with Crippen LogP contribution in [-0.4, -0.2) is 50.1 Å². The molecular weight excluding hydrogens is 342 g/mol. The summed E-state index contributed by atoms with van der Waals surface area (Å²) in [7, 11) is 0. The summed E-state index contributed by atoms with van der Waals surface area (Å²) in [5.41, 5.74) is 0.856. The van der Waals surface area contributed by atoms with Crippen LogP contribution in [0.25, 0.3) is 0 Å². The molecule has 0 aliphatic rings. The average Bonchev–Trinajstić information content (AvgIpc) is 2.64. The zero-order valence-corrected chi connectivity index (χ0v) is 14.6. The lowest BCUT2D eigenvalue weighted by atomic mass is 10.2. The van der Waals surface area contributed by atoms with E-state index in [0.717, 1.165) is 5.56 Å². The lowest BCUT2D eigenvalue weighted by Crippen LogP contribution is -2.40. The average molecular weight is 365 g/mol. The highest BCUT2D eigenvalue weighted by Gasteiger charge is 2.09. The van der Waals surface area contributed by atoms with Crippen molar-refractivity contribution in [1.82, 2.24) is 16.0 Å². The molecule has 0 radical (unpaired) electrons. The van der Waals surface area contributed by atoms with Crippen LogP contribution >= 0.6 is 0 Å². The van der Waals surface area contributed by atoms with E-state index in [4.69, 9.17) is 4.74 Å². The van der Waals surface area contributed by atoms with E-state index in [0.29, 0.717) is 0 Å². The van der Waals surface area contributed by atoms with Crippen LogP contribution in [0.3, 0.4) is 0 Å². The molecule has 0 saturated carbocycles. The predicted molar refractivity (Wildman–Crippen MR) is 91.9 cm³/mol. The third-order valence-corrected chi connectivity index (χ3v) is 3.02. The number of ether oxygens (including phenoxy) is 2. The highest BCUT2D eigenvalue weighted by Crippen LogP contribution is 2.00. The zero-order valence-electron chi connectivity index (χ0n) is 14.6. The van der Waals surface area contributed by atoms with Gasteiger partial charge in [0, 0.05) is 13.0 Å². The molecule has 0 aliphatic heterocycles. The third kappa shape index (κ3) is 9.91. The summed E-state index contributed by atoms with van der Waals surface area (Å²) >= 11 is 0. The highest BCUT2D eigenvalue weighted by molar-refractivity contribution is 5.87. The second-order valence-corrected chi connectivity index (χ2v) is 5.10. The van der Waals surface area contributed by atoms with E-state index >= 15 is 0 Å². The maximum absolute atomic E-state index is 11.6. The minimum Gasteiger partial charge on any atom is -0.465 e. The number of hydrogen-bond acceptors (Lipinski definition) is 6. The number of carbonyl (C=O) groups excluding carboxylic acids is 4. The van der Waals surface area contributed by atoms with Gasteiger partial charge in [-0.1, -0.05) is 30.3 Å². The molecule has 0 aliphatic carbocycles. The van der Waals surface area contributed by atoms with Gasteiger partial charge in [-0.05, 0) is 12.5 Å². The van der Waals surface area contributed by atoms with Gasteiger partial charge < -0.3 is 25.4 Å². The molecule has 0 bridgehead atoms. The van der Waals surface area contributed by atoms with Crippen molar-refractivity contribution in [1.29, 1.82) is 0 Å². The van der Waals surface area contributed by atoms with E-state index in [1.54, 1.807) is 6.92 Å². The van der Waals surface area contributed by atoms with Gasteiger partial charge in [0.25, 0.3) is 0 Å². The monoisotopic (exact) mass is 365 g/mol. The summed E-state index contributed by atoms with van der Waals surface area (Å²) < 4.78 is 9.64. The number of benzene rings is 1. The van der Waals surface area contributed by atoms with Gasteiger partial charge in [-0.2, -0.15) is 0 Å². The van der Waals surface area contributed by atoms with E-state index in [-0.39, 0.29) is 39.3 Å². The molecule has 0 fully saturated rings. The quantitative estimate of drug-likeness (QED) is 0.505. The lowest BCUT2D eigenvalue weighted by Gasteiger charge is -2.08. The maximum Gasteiger partial charge on any atom is 0.407 e. The highest BCUT2D eigenvalue weighted by atomic mass is 16.5. The largest absolute Gasteiger partial charge is 0.465 e. The van der Waals surface area contributed by atoms with Crippen LogP contribution in [0, 0.1) is 0 Å². The number of hydrogen-bond donors (Lipinski definition) is 3. The smallest absolute Gasteiger partial charge is 0.407 e. The van der Waals surface area contributed by atoms with Crippen LogP contribution in [0.15, 0.2) is 30.3 Å². The van der Waals surface area contributed by atoms with Gasteiger partial charge in [0.15, 0.2) is 0 Å². The topological polar surface area (TPSA) is 123 Å². The van der Waals surface area contributed by atoms with Gasteiger partial charge in [-0.3, -0.25) is 14.4 Å². The molecule has 1 aromatic carbocycles. The second-order valence-electron chi connectivity index (χ2n) is 5.10. The number of esters is 1. The van der Waals surface area contributed by atoms with Gasteiger partial charge >= 0.3 is 12.1 Å². The van der Waals surface area contributed by atoms with Crippen LogP contribution in [0.5, 0.6) is 0 Å². The zero-order chi connectivity index (χ0) is 19.2. The molecule has 26 heavy (non-hydrogen) atoms. The standard InChI is InChI=1S/C17H23N3O6/c1-2-25-16(23)11-20-15(22)10-19-14(21)8-9-18-17(24)26-12-13-6-4-3-5-7-13/h3-7H,2,8-12H2,1H3,(H,18,24)(H,19,21)(H,20,22). The summed E-state index contributed by atoms with van der Waals surface area (Å²) in [5.74, 6) is -1.48. The Morgan fingerprint density at radius 1 is 0.885 bits per heavy atom. The summed E-state index contributed by atoms with van der Waals surface area (Å²) in [5, 5.41) is 7.13. The molecule has 142 valence electrons. The molecule has 9 nitrogen and oxygen atoms in total. The van der Waals surface area contributed by atoms with Crippen LogP contribution in [0.1, 0.15) is 18.9 Å². The molecule has 0 atom stereocenters. The second kappa shape index (κ2) is 12.3. The summed E-state index contributed by atoms with van der Waals surface area (Å²) in [4.78, 5) is 45.6. The summed E-state index contributed by atoms with van der Waals surface area (Å²) in [6.45, 7) is 1.58. The first-order chi connectivity index (χ1) is 12.5. The van der Waals surface area contributed by atoms with Crippen LogP contribution in [-0.2, 0) is 30.5 Å². The van der Waals surface area contributed by atoms with Gasteiger partial charge in [0.05, 0.1) is 13.2 Å². The normalized spacial score (nSPS) is 9.73. The molecule has 3 amide bonds. The first-order valence-corrected chi connectivity index (χ1v) is 8.14. The molecule has 0 unspecified atom stereocenters. The molecule has 3 N–H and O–H groups in total. The van der Waals surface area contributed by atoms with Crippen molar-refractivity contribution < 1.29 is 28.7 Å². The fourth-order valence-electron chi connectivity index (χ4n) is 1.76. The Kier molecular flexibility index (Phi) is 9.90. The minimum atomic E-state index is -0.631. The Labute approximate surface area is 151 Å². The first-order valence-electron chi connectivity index (χ1n) is 8.14. The summed E-state index contributed by atoms with van der Waals surface area (Å²) in [6.07, 6.45) is -0.639. The van der Waals surface area contributed by atoms with Gasteiger partial charge in [-0.15, -0.1) is 0 Å². The maximum atomic E-state index is 11.6. The Balaban J connectivity index is 2.07. The fourth-order valence-corrected chi connectivity index (χ4v) is 1.76. The number of carbonyl (C=O) groups is 4. The van der Waals surface area contributed by atoms with Crippen molar-refractivity contribution >= 4 is 23.9 Å². The van der Waals surface area contributed by atoms with Crippen molar-refractivity contribution in [2.45, 2.75) is 20.0 Å². The number of nitrogens with one attached hydrogen (secondary N) is 3. The fraction of sp³-hybridized carbons (Fsp3) is 0.412.